The zero-order valence-electron chi connectivity index (χ0n) is 17.1. The third-order valence-corrected chi connectivity index (χ3v) is 7.53. The van der Waals surface area contributed by atoms with Gasteiger partial charge in [-0.15, -0.1) is 0 Å². The highest BCUT2D eigenvalue weighted by molar-refractivity contribution is 7.99. The molecule has 1 N–H and O–H groups in total. The second-order valence-corrected chi connectivity index (χ2v) is 9.53. The lowest BCUT2D eigenvalue weighted by molar-refractivity contribution is -0.284. The molecular formula is C25H17ClN3O2S2-. The summed E-state index contributed by atoms with van der Waals surface area (Å²) in [7, 11) is 0. The Bertz CT molecular complexity index is 1430. The van der Waals surface area contributed by atoms with Crippen LogP contribution < -0.4 is 10.7 Å². The van der Waals surface area contributed by atoms with Crippen LogP contribution >= 0.6 is 34.7 Å². The van der Waals surface area contributed by atoms with Crippen molar-refractivity contribution in [3.8, 4) is 17.0 Å². The third-order valence-electron chi connectivity index (χ3n) is 5.25. The second-order valence-electron chi connectivity index (χ2n) is 7.29. The van der Waals surface area contributed by atoms with E-state index in [-0.39, 0.29) is 10.8 Å². The number of rotatable bonds is 6. The Balaban J connectivity index is 1.56. The number of nitrogens with zero attached hydrogens (tertiary/aromatic N) is 2. The van der Waals surface area contributed by atoms with E-state index in [1.54, 1.807) is 35.9 Å². The van der Waals surface area contributed by atoms with Crippen molar-refractivity contribution in [3.05, 3.63) is 116 Å². The van der Waals surface area contributed by atoms with Gasteiger partial charge < -0.3 is 5.11 Å². The van der Waals surface area contributed by atoms with E-state index in [0.29, 0.717) is 9.92 Å². The number of thiophene rings is 1. The maximum absolute atomic E-state index is 13.4. The van der Waals surface area contributed by atoms with E-state index in [0.717, 1.165) is 34.0 Å². The van der Waals surface area contributed by atoms with Gasteiger partial charge in [0.15, 0.2) is 0 Å². The van der Waals surface area contributed by atoms with E-state index < -0.39 is 11.6 Å². The van der Waals surface area contributed by atoms with Gasteiger partial charge in [-0.2, -0.15) is 11.3 Å². The predicted octanol–water partition coefficient (Wildman–Crippen LogP) is 5.82. The van der Waals surface area contributed by atoms with Crippen LogP contribution in [0, 0.1) is 0 Å². The molecule has 164 valence electrons. The van der Waals surface area contributed by atoms with E-state index in [1.807, 2.05) is 65.4 Å². The van der Waals surface area contributed by atoms with Crippen LogP contribution in [0.1, 0.15) is 17.2 Å². The summed E-state index contributed by atoms with van der Waals surface area (Å²) in [4.78, 5) is 17.6. The lowest BCUT2D eigenvalue weighted by atomic mass is 9.98. The number of hydrogen-bond acceptors (Lipinski definition) is 5. The molecule has 0 aliphatic carbocycles. The number of halogens is 1. The smallest absolute Gasteiger partial charge is 0.277 e. The monoisotopic (exact) mass is 490 g/mol. The van der Waals surface area contributed by atoms with Gasteiger partial charge in [0.05, 0.1) is 16.0 Å². The summed E-state index contributed by atoms with van der Waals surface area (Å²) in [5.41, 5.74) is 3.49. The number of aromatic nitrogens is 3. The first kappa shape index (κ1) is 21.6. The topological polar surface area (TPSA) is 73.7 Å². The molecular weight excluding hydrogens is 474 g/mol. The zero-order valence-corrected chi connectivity index (χ0v) is 19.5. The lowest BCUT2D eigenvalue weighted by Crippen LogP contribution is -2.17. The van der Waals surface area contributed by atoms with Gasteiger partial charge in [-0.1, -0.05) is 59.8 Å². The summed E-state index contributed by atoms with van der Waals surface area (Å²) < 4.78 is 1.41. The minimum atomic E-state index is -0.455. The molecule has 3 heterocycles. The third kappa shape index (κ3) is 4.35. The quantitative estimate of drug-likeness (QED) is 0.325. The Morgan fingerprint density at radius 3 is 2.39 bits per heavy atom. The summed E-state index contributed by atoms with van der Waals surface area (Å²) >= 11 is 8.87. The lowest BCUT2D eigenvalue weighted by Gasteiger charge is -2.24. The fraction of sp³-hybridized carbons (Fsp3) is 0.0400. The van der Waals surface area contributed by atoms with E-state index in [9.17, 15) is 9.90 Å². The predicted molar refractivity (Wildman–Crippen MR) is 131 cm³/mol. The van der Waals surface area contributed by atoms with Crippen molar-refractivity contribution in [2.24, 2.45) is 0 Å². The van der Waals surface area contributed by atoms with Gasteiger partial charge in [-0.05, 0) is 63.3 Å². The Kier molecular flexibility index (Phi) is 6.09. The highest BCUT2D eigenvalue weighted by Gasteiger charge is 2.21. The Hall–Kier alpha value is -3.26. The molecule has 3 aromatic heterocycles. The molecule has 0 amide bonds. The highest BCUT2D eigenvalue weighted by atomic mass is 35.5. The van der Waals surface area contributed by atoms with E-state index in [4.69, 9.17) is 11.6 Å². The van der Waals surface area contributed by atoms with Crippen LogP contribution in [-0.4, -0.2) is 14.8 Å². The van der Waals surface area contributed by atoms with Crippen molar-refractivity contribution in [1.29, 1.82) is 0 Å². The molecule has 1 unspecified atom stereocenters. The molecule has 0 bridgehead atoms. The summed E-state index contributed by atoms with van der Waals surface area (Å²) in [5, 5.41) is 20.6. The van der Waals surface area contributed by atoms with Crippen LogP contribution in [0.3, 0.4) is 0 Å². The van der Waals surface area contributed by atoms with Gasteiger partial charge in [0.2, 0.25) is 0 Å². The van der Waals surface area contributed by atoms with Crippen molar-refractivity contribution in [2.75, 3.05) is 0 Å². The van der Waals surface area contributed by atoms with Gasteiger partial charge >= 0.3 is 0 Å². The number of hydrogen-bond donors (Lipinski definition) is 1. The van der Waals surface area contributed by atoms with E-state index in [2.05, 4.69) is 10.1 Å². The maximum Gasteiger partial charge on any atom is 0.277 e. The first-order chi connectivity index (χ1) is 16.1. The van der Waals surface area contributed by atoms with Gasteiger partial charge in [0, 0.05) is 23.2 Å². The molecule has 0 saturated heterocycles. The first-order valence-electron chi connectivity index (χ1n) is 10.1. The molecule has 0 fully saturated rings. The molecule has 0 aliphatic rings. The average Bonchev–Trinajstić information content (AvgIpc) is 3.46. The van der Waals surface area contributed by atoms with Gasteiger partial charge in [-0.25, -0.2) is 0 Å². The molecule has 0 saturated carbocycles. The van der Waals surface area contributed by atoms with E-state index >= 15 is 0 Å². The molecule has 5 aromatic rings. The summed E-state index contributed by atoms with van der Waals surface area (Å²) in [6.45, 7) is 0. The summed E-state index contributed by atoms with van der Waals surface area (Å²) in [6.07, 6.45) is 3.51. The molecule has 8 heteroatoms. The molecule has 5 rings (SSSR count). The number of benzene rings is 2. The number of pyridine rings is 1. The van der Waals surface area contributed by atoms with Crippen LogP contribution in [0.5, 0.6) is 5.88 Å². The SMILES string of the molecule is O=c1[nH]n(C(c2ccc(-c3ccncc3)cc2)c2ccsc2)c([O-])c1Sc1ccccc1Cl. The average molecular weight is 491 g/mol. The van der Waals surface area contributed by atoms with Crippen molar-refractivity contribution in [3.63, 3.8) is 0 Å². The maximum atomic E-state index is 13.4. The van der Waals surface area contributed by atoms with Gasteiger partial charge in [0.1, 0.15) is 0 Å². The molecule has 1 atom stereocenters. The number of nitrogens with one attached hydrogen (secondary N) is 1. The normalized spacial score (nSPS) is 12.0. The highest BCUT2D eigenvalue weighted by Crippen LogP contribution is 2.38. The molecule has 0 spiro atoms. The van der Waals surface area contributed by atoms with Crippen LogP contribution in [0.25, 0.3) is 11.1 Å². The number of H-pyrrole nitrogens is 1. The standard InChI is InChI=1S/C25H18ClN3O2S2/c26-20-3-1-2-4-21(20)33-23-24(30)28-29(25(23)31)22(19-11-14-32-15-19)18-7-5-16(6-8-18)17-9-12-27-13-10-17/h1-15,22,31H,(H,28,30)/p-1. The largest absolute Gasteiger partial charge is 0.858 e. The summed E-state index contributed by atoms with van der Waals surface area (Å²) in [6, 6.07) is 20.5. The van der Waals surface area contributed by atoms with Crippen LogP contribution in [0.2, 0.25) is 5.02 Å². The Morgan fingerprint density at radius 1 is 0.970 bits per heavy atom. The molecule has 2 aromatic carbocycles. The van der Waals surface area contributed by atoms with Gasteiger partial charge in [0.25, 0.3) is 5.56 Å². The fourth-order valence-electron chi connectivity index (χ4n) is 3.65. The zero-order chi connectivity index (χ0) is 22.8. The van der Waals surface area contributed by atoms with Crippen molar-refractivity contribution in [1.82, 2.24) is 14.8 Å². The Morgan fingerprint density at radius 2 is 1.70 bits per heavy atom. The van der Waals surface area contributed by atoms with Crippen molar-refractivity contribution >= 4 is 34.7 Å². The molecule has 0 aliphatic heterocycles. The Labute approximate surface area is 203 Å². The van der Waals surface area contributed by atoms with Crippen LogP contribution in [0.4, 0.5) is 0 Å². The molecule has 0 radical (unpaired) electrons. The molecule has 33 heavy (non-hydrogen) atoms. The van der Waals surface area contributed by atoms with E-state index in [1.165, 1.54) is 4.68 Å². The number of aromatic amines is 1. The molecule has 5 nitrogen and oxygen atoms in total. The first-order valence-corrected chi connectivity index (χ1v) is 12.2. The second kappa shape index (κ2) is 9.31. The van der Waals surface area contributed by atoms with Gasteiger partial charge in [-0.3, -0.25) is 19.6 Å². The summed E-state index contributed by atoms with van der Waals surface area (Å²) in [5.74, 6) is -0.376. The van der Waals surface area contributed by atoms with Crippen LogP contribution in [0.15, 0.2) is 104 Å². The van der Waals surface area contributed by atoms with Crippen molar-refractivity contribution in [2.45, 2.75) is 15.8 Å². The van der Waals surface area contributed by atoms with Crippen LogP contribution in [-0.2, 0) is 0 Å². The minimum absolute atomic E-state index is 0.0942. The minimum Gasteiger partial charge on any atom is -0.858 e. The fourth-order valence-corrected chi connectivity index (χ4v) is 5.44. The van der Waals surface area contributed by atoms with Crippen molar-refractivity contribution < 1.29 is 5.11 Å².